The lowest BCUT2D eigenvalue weighted by Crippen LogP contribution is -2.30. The molecule has 7 heteroatoms. The number of aromatic nitrogens is 2. The van der Waals surface area contributed by atoms with Crippen LogP contribution in [0.1, 0.15) is 25.5 Å². The molecule has 0 aliphatic heterocycles. The molecule has 2 aromatic rings. The number of nitrogens with one attached hydrogen (secondary N) is 2. The second-order valence-corrected chi connectivity index (χ2v) is 5.47. The average molecular weight is 320 g/mol. The minimum Gasteiger partial charge on any atom is -0.491 e. The van der Waals surface area contributed by atoms with Crippen LogP contribution in [0.25, 0.3) is 0 Å². The Balaban J connectivity index is 2.12. The predicted octanol–water partition coefficient (Wildman–Crippen LogP) is 2.25. The highest BCUT2D eigenvalue weighted by molar-refractivity contribution is 5.95. The van der Waals surface area contributed by atoms with E-state index in [-0.39, 0.29) is 17.7 Å². The fourth-order valence-electron chi connectivity index (χ4n) is 2.19. The van der Waals surface area contributed by atoms with Crippen LogP contribution in [-0.2, 0) is 11.8 Å². The van der Waals surface area contributed by atoms with E-state index in [1.54, 1.807) is 37.2 Å². The van der Waals surface area contributed by atoms with E-state index in [0.717, 1.165) is 0 Å². The van der Waals surface area contributed by atoms with E-state index in [9.17, 15) is 9.18 Å². The number of rotatable bonds is 6. The van der Waals surface area contributed by atoms with Gasteiger partial charge in [0, 0.05) is 24.9 Å². The van der Waals surface area contributed by atoms with Gasteiger partial charge in [0.15, 0.2) is 0 Å². The highest BCUT2D eigenvalue weighted by atomic mass is 19.1. The summed E-state index contributed by atoms with van der Waals surface area (Å²) in [6, 6.07) is 3.75. The first-order valence-corrected chi connectivity index (χ1v) is 7.33. The van der Waals surface area contributed by atoms with Crippen molar-refractivity contribution in [1.29, 1.82) is 0 Å². The van der Waals surface area contributed by atoms with Crippen molar-refractivity contribution >= 4 is 11.6 Å². The molecule has 0 bridgehead atoms. The average Bonchev–Trinajstić information content (AvgIpc) is 2.88. The van der Waals surface area contributed by atoms with E-state index < -0.39 is 11.9 Å². The zero-order chi connectivity index (χ0) is 17.0. The van der Waals surface area contributed by atoms with Crippen molar-refractivity contribution in [2.24, 2.45) is 7.05 Å². The van der Waals surface area contributed by atoms with E-state index in [4.69, 9.17) is 4.74 Å². The smallest absolute Gasteiger partial charge is 0.246 e. The number of halogens is 1. The summed E-state index contributed by atoms with van der Waals surface area (Å²) in [6.07, 6.45) is 3.28. The number of ether oxygens (including phenoxy) is 1. The lowest BCUT2D eigenvalue weighted by Gasteiger charge is -2.16. The molecular weight excluding hydrogens is 299 g/mol. The van der Waals surface area contributed by atoms with Gasteiger partial charge >= 0.3 is 0 Å². The Hall–Kier alpha value is -2.41. The van der Waals surface area contributed by atoms with E-state index in [2.05, 4.69) is 15.7 Å². The molecule has 0 saturated carbocycles. The van der Waals surface area contributed by atoms with Crippen LogP contribution in [0, 0.1) is 5.82 Å². The number of nitrogens with zero attached hydrogens (tertiary/aromatic N) is 2. The number of carbonyl (C=O) groups excluding carboxylic acids is 1. The Bertz CT molecular complexity index is 684. The van der Waals surface area contributed by atoms with Crippen LogP contribution >= 0.6 is 0 Å². The van der Waals surface area contributed by atoms with Crippen molar-refractivity contribution in [3.63, 3.8) is 0 Å². The summed E-state index contributed by atoms with van der Waals surface area (Å²) in [5.41, 5.74) is 0.808. The summed E-state index contributed by atoms with van der Waals surface area (Å²) >= 11 is 0. The van der Waals surface area contributed by atoms with Crippen molar-refractivity contribution in [2.75, 3.05) is 12.4 Å². The van der Waals surface area contributed by atoms with Crippen molar-refractivity contribution in [2.45, 2.75) is 26.0 Å². The molecule has 0 radical (unpaired) electrons. The van der Waals surface area contributed by atoms with Gasteiger partial charge in [-0.2, -0.15) is 5.10 Å². The summed E-state index contributed by atoms with van der Waals surface area (Å²) in [5.74, 6) is -0.484. The standard InChI is InChI=1S/C16H21FN4O2/c1-10(2)23-12-5-6-14(13(17)7-12)20-16(22)15(18-3)11-8-19-21(4)9-11/h5-10,15,18H,1-4H3,(H,20,22). The van der Waals surface area contributed by atoms with Crippen LogP contribution < -0.4 is 15.4 Å². The monoisotopic (exact) mass is 320 g/mol. The SMILES string of the molecule is CNC(C(=O)Nc1ccc(OC(C)C)cc1F)c1cnn(C)c1. The first-order valence-electron chi connectivity index (χ1n) is 7.33. The Morgan fingerprint density at radius 2 is 2.13 bits per heavy atom. The van der Waals surface area contributed by atoms with Gasteiger partial charge in [-0.25, -0.2) is 4.39 Å². The fraction of sp³-hybridized carbons (Fsp3) is 0.375. The largest absolute Gasteiger partial charge is 0.491 e. The lowest BCUT2D eigenvalue weighted by molar-refractivity contribution is -0.118. The molecule has 23 heavy (non-hydrogen) atoms. The number of aryl methyl sites for hydroxylation is 1. The molecule has 1 amide bonds. The van der Waals surface area contributed by atoms with Gasteiger partial charge in [-0.3, -0.25) is 9.48 Å². The van der Waals surface area contributed by atoms with Crippen molar-refractivity contribution in [3.05, 3.63) is 42.0 Å². The molecule has 0 fully saturated rings. The number of likely N-dealkylation sites (N-methyl/N-ethyl adjacent to an activating group) is 1. The molecule has 1 atom stereocenters. The molecular formula is C16H21FN4O2. The van der Waals surface area contributed by atoms with Gasteiger partial charge in [-0.1, -0.05) is 0 Å². The second-order valence-electron chi connectivity index (χ2n) is 5.47. The molecule has 124 valence electrons. The normalized spacial score (nSPS) is 12.3. The Morgan fingerprint density at radius 1 is 1.39 bits per heavy atom. The predicted molar refractivity (Wildman–Crippen MR) is 85.8 cm³/mol. The van der Waals surface area contributed by atoms with Gasteiger partial charge < -0.3 is 15.4 Å². The molecule has 0 aliphatic rings. The van der Waals surface area contributed by atoms with Crippen LogP contribution in [0.2, 0.25) is 0 Å². The van der Waals surface area contributed by atoms with Crippen LogP contribution in [0.3, 0.4) is 0 Å². The van der Waals surface area contributed by atoms with Crippen molar-refractivity contribution < 1.29 is 13.9 Å². The topological polar surface area (TPSA) is 68.2 Å². The maximum atomic E-state index is 14.1. The Kier molecular flexibility index (Phi) is 5.33. The number of carbonyl (C=O) groups is 1. The molecule has 0 spiro atoms. The zero-order valence-electron chi connectivity index (χ0n) is 13.6. The number of hydrogen-bond acceptors (Lipinski definition) is 4. The number of anilines is 1. The zero-order valence-corrected chi connectivity index (χ0v) is 13.6. The lowest BCUT2D eigenvalue weighted by atomic mass is 10.1. The van der Waals surface area contributed by atoms with Crippen molar-refractivity contribution in [3.8, 4) is 5.75 Å². The third-order valence-electron chi connectivity index (χ3n) is 3.18. The quantitative estimate of drug-likeness (QED) is 0.856. The Labute approximate surface area is 134 Å². The summed E-state index contributed by atoms with van der Waals surface area (Å²) < 4.78 is 21.1. The molecule has 1 aromatic carbocycles. The van der Waals surface area contributed by atoms with Gasteiger partial charge in [0.25, 0.3) is 0 Å². The maximum absolute atomic E-state index is 14.1. The van der Waals surface area contributed by atoms with Crippen LogP contribution in [0.5, 0.6) is 5.75 Å². The third kappa shape index (κ3) is 4.29. The summed E-state index contributed by atoms with van der Waals surface area (Å²) in [4.78, 5) is 12.4. The van der Waals surface area contributed by atoms with E-state index in [1.807, 2.05) is 13.8 Å². The first-order chi connectivity index (χ1) is 10.9. The van der Waals surface area contributed by atoms with Gasteiger partial charge in [0.2, 0.25) is 5.91 Å². The molecule has 6 nitrogen and oxygen atoms in total. The van der Waals surface area contributed by atoms with Crippen molar-refractivity contribution in [1.82, 2.24) is 15.1 Å². The van der Waals surface area contributed by atoms with Crippen LogP contribution in [0.15, 0.2) is 30.6 Å². The summed E-state index contributed by atoms with van der Waals surface area (Å²) in [5, 5.41) is 9.51. The minimum absolute atomic E-state index is 0.0471. The van der Waals surface area contributed by atoms with E-state index in [1.165, 1.54) is 12.1 Å². The fourth-order valence-corrected chi connectivity index (χ4v) is 2.19. The molecule has 1 heterocycles. The first kappa shape index (κ1) is 17.0. The van der Waals surface area contributed by atoms with Crippen LogP contribution in [0.4, 0.5) is 10.1 Å². The summed E-state index contributed by atoms with van der Waals surface area (Å²) in [6.45, 7) is 3.72. The van der Waals surface area contributed by atoms with Gasteiger partial charge in [0.05, 0.1) is 18.0 Å². The molecule has 2 rings (SSSR count). The van der Waals surface area contributed by atoms with Gasteiger partial charge in [-0.15, -0.1) is 0 Å². The highest BCUT2D eigenvalue weighted by Gasteiger charge is 2.21. The maximum Gasteiger partial charge on any atom is 0.246 e. The second kappa shape index (κ2) is 7.23. The van der Waals surface area contributed by atoms with Gasteiger partial charge in [0.1, 0.15) is 17.6 Å². The number of hydrogen-bond donors (Lipinski definition) is 2. The minimum atomic E-state index is -0.616. The molecule has 0 aliphatic carbocycles. The third-order valence-corrected chi connectivity index (χ3v) is 3.18. The highest BCUT2D eigenvalue weighted by Crippen LogP contribution is 2.23. The summed E-state index contributed by atoms with van der Waals surface area (Å²) in [7, 11) is 3.43. The number of amides is 1. The van der Waals surface area contributed by atoms with Crippen LogP contribution in [-0.4, -0.2) is 28.8 Å². The Morgan fingerprint density at radius 3 is 2.65 bits per heavy atom. The molecule has 0 saturated heterocycles. The number of benzene rings is 1. The molecule has 1 aromatic heterocycles. The van der Waals surface area contributed by atoms with E-state index >= 15 is 0 Å². The van der Waals surface area contributed by atoms with E-state index in [0.29, 0.717) is 11.3 Å². The molecule has 2 N–H and O–H groups in total. The van der Waals surface area contributed by atoms with Gasteiger partial charge in [-0.05, 0) is 33.0 Å². The molecule has 1 unspecified atom stereocenters.